The highest BCUT2D eigenvalue weighted by molar-refractivity contribution is 9.10. The number of methoxy groups -OCH3 is 2. The van der Waals surface area contributed by atoms with Crippen LogP contribution in [0.4, 0.5) is 0 Å². The number of ether oxygens (including phenoxy) is 3. The Morgan fingerprint density at radius 2 is 1.75 bits per heavy atom. The normalized spacial score (nSPS) is 12.1. The van der Waals surface area contributed by atoms with Crippen molar-refractivity contribution in [2.45, 2.75) is 32.8 Å². The Hall–Kier alpha value is -3.65. The summed E-state index contributed by atoms with van der Waals surface area (Å²) in [6.45, 7) is 4.46. The first-order chi connectivity index (χ1) is 17.4. The van der Waals surface area contributed by atoms with Gasteiger partial charge in [0.15, 0.2) is 11.5 Å². The average Bonchev–Trinajstić information content (AvgIpc) is 2.91. The Balaban J connectivity index is 1.74. The first kappa shape index (κ1) is 25.4. The van der Waals surface area contributed by atoms with E-state index in [0.29, 0.717) is 46.1 Å². The predicted molar refractivity (Wildman–Crippen MR) is 146 cm³/mol. The largest absolute Gasteiger partial charge is 0.493 e. The topological polar surface area (TPSA) is 74.9 Å². The molecule has 1 aromatic heterocycles. The number of rotatable bonds is 9. The molecule has 8 heteroatoms. The molecule has 0 aliphatic heterocycles. The standard InChI is InChI=1S/C28H28BrN3O4/c1-5-18(2)27-31-23-12-11-21(29)15-22(23)28(33)32(27)30-16-20-13-24(34-3)26(25(14-20)35-4)36-17-19-9-7-6-8-10-19/h6-16,18H,5,17H2,1-4H3/t18-/m0/s1. The van der Waals surface area contributed by atoms with Gasteiger partial charge in [-0.3, -0.25) is 4.79 Å². The lowest BCUT2D eigenvalue weighted by molar-refractivity contribution is 0.266. The van der Waals surface area contributed by atoms with Gasteiger partial charge in [-0.25, -0.2) is 4.98 Å². The van der Waals surface area contributed by atoms with Crippen LogP contribution in [0.1, 0.15) is 43.1 Å². The summed E-state index contributed by atoms with van der Waals surface area (Å²) in [5.41, 5.74) is 2.13. The van der Waals surface area contributed by atoms with E-state index >= 15 is 0 Å². The molecule has 0 spiro atoms. The lowest BCUT2D eigenvalue weighted by atomic mass is 10.1. The van der Waals surface area contributed by atoms with E-state index in [1.54, 1.807) is 38.6 Å². The zero-order valence-corrected chi connectivity index (χ0v) is 22.3. The van der Waals surface area contributed by atoms with Crippen LogP contribution in [-0.2, 0) is 6.61 Å². The van der Waals surface area contributed by atoms with Crippen molar-refractivity contribution in [1.29, 1.82) is 0 Å². The Morgan fingerprint density at radius 3 is 2.39 bits per heavy atom. The van der Waals surface area contributed by atoms with Gasteiger partial charge in [-0.05, 0) is 42.3 Å². The van der Waals surface area contributed by atoms with Crippen molar-refractivity contribution < 1.29 is 14.2 Å². The molecule has 0 aliphatic rings. The summed E-state index contributed by atoms with van der Waals surface area (Å²) in [5.74, 6) is 2.15. The zero-order valence-electron chi connectivity index (χ0n) is 20.7. The highest BCUT2D eigenvalue weighted by Gasteiger charge is 2.17. The van der Waals surface area contributed by atoms with Crippen molar-refractivity contribution in [2.75, 3.05) is 14.2 Å². The smallest absolute Gasteiger partial charge is 0.282 e. The lowest BCUT2D eigenvalue weighted by Crippen LogP contribution is -2.23. The molecule has 186 valence electrons. The Kier molecular flexibility index (Phi) is 8.05. The second-order valence-corrected chi connectivity index (χ2v) is 9.25. The zero-order chi connectivity index (χ0) is 25.7. The molecule has 0 saturated heterocycles. The Labute approximate surface area is 218 Å². The fraction of sp³-hybridized carbons (Fsp3) is 0.250. The van der Waals surface area contributed by atoms with Crippen LogP contribution in [0.3, 0.4) is 0 Å². The van der Waals surface area contributed by atoms with Crippen LogP contribution >= 0.6 is 15.9 Å². The average molecular weight is 550 g/mol. The van der Waals surface area contributed by atoms with Crippen LogP contribution in [0.5, 0.6) is 17.2 Å². The molecule has 0 bridgehead atoms. The molecule has 0 saturated carbocycles. The monoisotopic (exact) mass is 549 g/mol. The van der Waals surface area contributed by atoms with E-state index in [0.717, 1.165) is 16.5 Å². The predicted octanol–water partition coefficient (Wildman–Crippen LogP) is 6.15. The van der Waals surface area contributed by atoms with Crippen molar-refractivity contribution in [3.8, 4) is 17.2 Å². The first-order valence-corrected chi connectivity index (χ1v) is 12.4. The number of benzene rings is 3. The molecule has 7 nitrogen and oxygen atoms in total. The SMILES string of the molecule is CC[C@H](C)c1nc2ccc(Br)cc2c(=O)n1N=Cc1cc(OC)c(OCc2ccccc2)c(OC)c1. The molecule has 1 heterocycles. The summed E-state index contributed by atoms with van der Waals surface area (Å²) in [6, 6.07) is 18.9. The second-order valence-electron chi connectivity index (χ2n) is 8.33. The number of fused-ring (bicyclic) bond motifs is 1. The van der Waals surface area contributed by atoms with Gasteiger partial charge in [0.2, 0.25) is 5.75 Å². The molecule has 0 N–H and O–H groups in total. The molecule has 0 aliphatic carbocycles. The number of nitrogens with zero attached hydrogens (tertiary/aromatic N) is 3. The molecule has 4 rings (SSSR count). The molecule has 36 heavy (non-hydrogen) atoms. The van der Waals surface area contributed by atoms with Gasteiger partial charge >= 0.3 is 0 Å². The maximum Gasteiger partial charge on any atom is 0.282 e. The molecular formula is C28H28BrN3O4. The van der Waals surface area contributed by atoms with Gasteiger partial charge in [-0.2, -0.15) is 9.78 Å². The van der Waals surface area contributed by atoms with Gasteiger partial charge in [0.1, 0.15) is 12.4 Å². The maximum atomic E-state index is 13.4. The third kappa shape index (κ3) is 5.44. The second kappa shape index (κ2) is 11.4. The maximum absolute atomic E-state index is 13.4. The van der Waals surface area contributed by atoms with Crippen LogP contribution in [0, 0.1) is 0 Å². The van der Waals surface area contributed by atoms with Crippen LogP contribution in [0.2, 0.25) is 0 Å². The fourth-order valence-electron chi connectivity index (χ4n) is 3.75. The number of halogens is 1. The van der Waals surface area contributed by atoms with Gasteiger partial charge in [0.25, 0.3) is 5.56 Å². The van der Waals surface area contributed by atoms with Gasteiger partial charge in [-0.15, -0.1) is 0 Å². The summed E-state index contributed by atoms with van der Waals surface area (Å²) < 4.78 is 19.4. The molecule has 4 aromatic rings. The Bertz CT molecular complexity index is 1430. The van der Waals surface area contributed by atoms with E-state index in [2.05, 4.69) is 28.0 Å². The quantitative estimate of drug-likeness (QED) is 0.234. The van der Waals surface area contributed by atoms with E-state index < -0.39 is 0 Å². The van der Waals surface area contributed by atoms with Crippen LogP contribution < -0.4 is 19.8 Å². The highest BCUT2D eigenvalue weighted by Crippen LogP contribution is 2.38. The summed E-state index contributed by atoms with van der Waals surface area (Å²) in [6.07, 6.45) is 2.42. The minimum absolute atomic E-state index is 0.0423. The molecular weight excluding hydrogens is 522 g/mol. The van der Waals surface area contributed by atoms with Gasteiger partial charge in [-0.1, -0.05) is 60.1 Å². The number of aromatic nitrogens is 2. The summed E-state index contributed by atoms with van der Waals surface area (Å²) in [7, 11) is 3.14. The highest BCUT2D eigenvalue weighted by atomic mass is 79.9. The van der Waals surface area contributed by atoms with E-state index in [4.69, 9.17) is 19.2 Å². The number of hydrogen-bond acceptors (Lipinski definition) is 6. The fourth-order valence-corrected chi connectivity index (χ4v) is 4.11. The van der Waals surface area contributed by atoms with Crippen LogP contribution in [-0.4, -0.2) is 30.1 Å². The summed E-state index contributed by atoms with van der Waals surface area (Å²) in [4.78, 5) is 18.1. The number of hydrogen-bond donors (Lipinski definition) is 0. The molecule has 0 radical (unpaired) electrons. The van der Waals surface area contributed by atoms with Gasteiger partial charge in [0.05, 0.1) is 31.3 Å². The lowest BCUT2D eigenvalue weighted by Gasteiger charge is -2.16. The van der Waals surface area contributed by atoms with E-state index in [1.807, 2.05) is 49.4 Å². The minimum Gasteiger partial charge on any atom is -0.493 e. The van der Waals surface area contributed by atoms with Crippen molar-refractivity contribution in [3.63, 3.8) is 0 Å². The minimum atomic E-state index is -0.227. The van der Waals surface area contributed by atoms with Crippen molar-refractivity contribution >= 4 is 33.0 Å². The van der Waals surface area contributed by atoms with Crippen molar-refractivity contribution in [2.24, 2.45) is 5.10 Å². The van der Waals surface area contributed by atoms with Crippen LogP contribution in [0.25, 0.3) is 10.9 Å². The first-order valence-electron chi connectivity index (χ1n) is 11.6. The van der Waals surface area contributed by atoms with E-state index in [1.165, 1.54) is 4.68 Å². The van der Waals surface area contributed by atoms with Crippen LogP contribution in [0.15, 0.2) is 75.0 Å². The summed E-state index contributed by atoms with van der Waals surface area (Å²) in [5, 5.41) is 5.04. The molecule has 0 unspecified atom stereocenters. The van der Waals surface area contributed by atoms with Crippen molar-refractivity contribution in [1.82, 2.24) is 9.66 Å². The molecule has 0 fully saturated rings. The van der Waals surface area contributed by atoms with E-state index in [-0.39, 0.29) is 11.5 Å². The van der Waals surface area contributed by atoms with Gasteiger partial charge < -0.3 is 14.2 Å². The molecule has 3 aromatic carbocycles. The van der Waals surface area contributed by atoms with Gasteiger partial charge in [0, 0.05) is 16.0 Å². The summed E-state index contributed by atoms with van der Waals surface area (Å²) >= 11 is 3.44. The molecule has 1 atom stereocenters. The van der Waals surface area contributed by atoms with E-state index in [9.17, 15) is 4.79 Å². The third-order valence-corrected chi connectivity index (χ3v) is 6.41. The molecule has 0 amide bonds. The third-order valence-electron chi connectivity index (χ3n) is 5.92. The van der Waals surface area contributed by atoms with Crippen molar-refractivity contribution in [3.05, 3.63) is 92.4 Å². The Morgan fingerprint density at radius 1 is 1.06 bits per heavy atom.